The highest BCUT2D eigenvalue weighted by Gasteiger charge is 2.26. The molecule has 33 heavy (non-hydrogen) atoms. The van der Waals surface area contributed by atoms with Crippen LogP contribution in [0, 0.1) is 5.41 Å². The Morgan fingerprint density at radius 2 is 1.94 bits per heavy atom. The van der Waals surface area contributed by atoms with Gasteiger partial charge in [-0.25, -0.2) is 4.98 Å². The fourth-order valence-electron chi connectivity index (χ4n) is 3.92. The molecular weight excluding hydrogens is 414 g/mol. The summed E-state index contributed by atoms with van der Waals surface area (Å²) in [6.07, 6.45) is 14.8. The summed E-state index contributed by atoms with van der Waals surface area (Å²) >= 11 is 0. The molecule has 4 aromatic rings. The Kier molecular flexibility index (Phi) is 5.35. The first kappa shape index (κ1) is 20.5. The van der Waals surface area contributed by atoms with Crippen LogP contribution in [0.15, 0.2) is 79.5 Å². The molecule has 166 valence electrons. The first-order valence-electron chi connectivity index (χ1n) is 10.8. The summed E-state index contributed by atoms with van der Waals surface area (Å²) in [7, 11) is 0. The van der Waals surface area contributed by atoms with Crippen molar-refractivity contribution in [2.45, 2.75) is 18.9 Å². The molecule has 0 amide bonds. The van der Waals surface area contributed by atoms with Crippen LogP contribution in [0.2, 0.25) is 0 Å². The molecule has 1 fully saturated rings. The van der Waals surface area contributed by atoms with E-state index in [1.165, 1.54) is 18.4 Å². The molecule has 4 heterocycles. The fraction of sp³-hybridized carbons (Fsp3) is 0.167. The fourth-order valence-corrected chi connectivity index (χ4v) is 3.92. The summed E-state index contributed by atoms with van der Waals surface area (Å²) in [6, 6.07) is 15.2. The van der Waals surface area contributed by atoms with Gasteiger partial charge < -0.3 is 20.9 Å². The van der Waals surface area contributed by atoms with E-state index in [0.717, 1.165) is 35.0 Å². The van der Waals surface area contributed by atoms with Crippen molar-refractivity contribution in [2.24, 2.45) is 11.5 Å². The molecule has 0 unspecified atom stereocenters. The van der Waals surface area contributed by atoms with Crippen LogP contribution in [0.4, 0.5) is 5.69 Å². The summed E-state index contributed by atoms with van der Waals surface area (Å²) in [6.45, 7) is 0.810. The molecule has 1 aliphatic carbocycles. The summed E-state index contributed by atoms with van der Waals surface area (Å²) in [4.78, 5) is 6.74. The average Bonchev–Trinajstić information content (AvgIpc) is 3.39. The molecular formula is C24H25N9. The maximum Gasteiger partial charge on any atom is 0.183 e. The molecule has 0 radical (unpaired) electrons. The van der Waals surface area contributed by atoms with Gasteiger partial charge in [-0.05, 0) is 48.8 Å². The largest absolute Gasteiger partial charge is 0.370 e. The van der Waals surface area contributed by atoms with Gasteiger partial charge in [0.1, 0.15) is 12.0 Å². The number of imidazole rings is 1. The lowest BCUT2D eigenvalue weighted by atomic mass is 10.1. The minimum atomic E-state index is -0.333. The lowest BCUT2D eigenvalue weighted by molar-refractivity contribution is 0.746. The van der Waals surface area contributed by atoms with E-state index in [4.69, 9.17) is 5.41 Å². The second-order valence-electron chi connectivity index (χ2n) is 8.00. The Morgan fingerprint density at radius 1 is 1.09 bits per heavy atom. The van der Waals surface area contributed by atoms with E-state index in [1.807, 2.05) is 30.7 Å². The third-order valence-electron chi connectivity index (χ3n) is 5.60. The van der Waals surface area contributed by atoms with Crippen LogP contribution in [0.25, 0.3) is 22.6 Å². The smallest absolute Gasteiger partial charge is 0.183 e. The second-order valence-corrected chi connectivity index (χ2v) is 8.00. The van der Waals surface area contributed by atoms with Crippen molar-refractivity contribution in [1.29, 1.82) is 5.41 Å². The number of nitrogens with zero attached hydrogens (tertiary/aromatic N) is 6. The van der Waals surface area contributed by atoms with Gasteiger partial charge in [-0.1, -0.05) is 24.3 Å². The van der Waals surface area contributed by atoms with Crippen molar-refractivity contribution in [2.75, 3.05) is 11.4 Å². The normalized spacial score (nSPS) is 15.2. The number of benzene rings is 1. The van der Waals surface area contributed by atoms with Crippen molar-refractivity contribution >= 4 is 22.9 Å². The first-order valence-corrected chi connectivity index (χ1v) is 10.8. The van der Waals surface area contributed by atoms with Crippen LogP contribution in [-0.2, 0) is 0 Å². The minimum Gasteiger partial charge on any atom is -0.370 e. The Hall–Kier alpha value is -4.40. The molecule has 1 aliphatic heterocycles. The molecule has 0 atom stereocenters. The van der Waals surface area contributed by atoms with Gasteiger partial charge in [-0.2, -0.15) is 0 Å². The predicted octanol–water partition coefficient (Wildman–Crippen LogP) is 3.18. The van der Waals surface area contributed by atoms with Crippen LogP contribution in [0.3, 0.4) is 0 Å². The van der Waals surface area contributed by atoms with E-state index < -0.39 is 0 Å². The highest BCUT2D eigenvalue weighted by molar-refractivity contribution is 5.77. The zero-order valence-corrected chi connectivity index (χ0v) is 18.0. The highest BCUT2D eigenvalue weighted by atomic mass is 15.3. The van der Waals surface area contributed by atoms with E-state index in [-0.39, 0.29) is 5.96 Å². The third-order valence-corrected chi connectivity index (χ3v) is 5.60. The van der Waals surface area contributed by atoms with Gasteiger partial charge in [-0.15, -0.1) is 10.2 Å². The number of nitrogens with two attached hydrogens (primary N) is 2. The van der Waals surface area contributed by atoms with Crippen molar-refractivity contribution in [1.82, 2.24) is 24.1 Å². The van der Waals surface area contributed by atoms with Gasteiger partial charge in [0.15, 0.2) is 11.8 Å². The number of rotatable bonds is 4. The number of anilines is 1. The number of hydrogen-bond donors (Lipinski definition) is 3. The summed E-state index contributed by atoms with van der Waals surface area (Å²) in [5.41, 5.74) is 14.5. The SMILES string of the molecule is C1=CN(c2cccc(-c3nncn3C3CC3)c2)CC=C1c1cnc2ccccn12.N=C(N)N. The predicted molar refractivity (Wildman–Crippen MR) is 129 cm³/mol. The molecule has 9 nitrogen and oxygen atoms in total. The van der Waals surface area contributed by atoms with E-state index in [0.29, 0.717) is 6.04 Å². The Balaban J connectivity index is 0.000000531. The third kappa shape index (κ3) is 4.33. The topological polar surface area (TPSA) is 127 Å². The van der Waals surface area contributed by atoms with Crippen LogP contribution >= 0.6 is 0 Å². The molecule has 0 spiro atoms. The maximum atomic E-state index is 6.06. The van der Waals surface area contributed by atoms with E-state index in [9.17, 15) is 0 Å². The number of allylic oxidation sites excluding steroid dienone is 2. The zero-order valence-electron chi connectivity index (χ0n) is 18.0. The lowest BCUT2D eigenvalue weighted by Gasteiger charge is -2.23. The Morgan fingerprint density at radius 3 is 2.70 bits per heavy atom. The van der Waals surface area contributed by atoms with Gasteiger partial charge in [0, 0.05) is 36.2 Å². The minimum absolute atomic E-state index is 0.333. The number of fused-ring (bicyclic) bond motifs is 1. The van der Waals surface area contributed by atoms with Crippen molar-refractivity contribution in [3.05, 3.63) is 85.2 Å². The average molecular weight is 440 g/mol. The Bertz CT molecular complexity index is 1350. The van der Waals surface area contributed by atoms with Crippen LogP contribution < -0.4 is 16.4 Å². The molecule has 3 aromatic heterocycles. The highest BCUT2D eigenvalue weighted by Crippen LogP contribution is 2.38. The van der Waals surface area contributed by atoms with E-state index in [1.54, 1.807) is 0 Å². The van der Waals surface area contributed by atoms with Gasteiger partial charge in [0.25, 0.3) is 0 Å². The number of guanidine groups is 1. The number of pyridine rings is 1. The zero-order chi connectivity index (χ0) is 22.8. The quantitative estimate of drug-likeness (QED) is 0.331. The van der Waals surface area contributed by atoms with Crippen molar-refractivity contribution in [3.8, 4) is 11.4 Å². The molecule has 5 N–H and O–H groups in total. The van der Waals surface area contributed by atoms with Gasteiger partial charge in [0.05, 0.1) is 11.9 Å². The Labute approximate surface area is 191 Å². The van der Waals surface area contributed by atoms with Crippen LogP contribution in [0.1, 0.15) is 24.6 Å². The number of aromatic nitrogens is 5. The summed E-state index contributed by atoms with van der Waals surface area (Å²) in [5, 5.41) is 14.6. The van der Waals surface area contributed by atoms with Crippen LogP contribution in [0.5, 0.6) is 0 Å². The number of nitrogens with one attached hydrogen (secondary N) is 1. The molecule has 1 aromatic carbocycles. The van der Waals surface area contributed by atoms with Crippen molar-refractivity contribution in [3.63, 3.8) is 0 Å². The number of hydrogen-bond acceptors (Lipinski definition) is 5. The van der Waals surface area contributed by atoms with Gasteiger partial charge in [-0.3, -0.25) is 9.81 Å². The van der Waals surface area contributed by atoms with Gasteiger partial charge >= 0.3 is 0 Å². The van der Waals surface area contributed by atoms with E-state index in [2.05, 4.69) is 89.3 Å². The van der Waals surface area contributed by atoms with Crippen molar-refractivity contribution < 1.29 is 0 Å². The maximum absolute atomic E-state index is 6.06. The molecule has 0 bridgehead atoms. The van der Waals surface area contributed by atoms with E-state index >= 15 is 0 Å². The van der Waals surface area contributed by atoms with Gasteiger partial charge in [0.2, 0.25) is 0 Å². The summed E-state index contributed by atoms with van der Waals surface area (Å²) < 4.78 is 4.32. The van der Waals surface area contributed by atoms with Crippen LogP contribution in [-0.4, -0.2) is 36.7 Å². The molecule has 0 saturated heterocycles. The lowest BCUT2D eigenvalue weighted by Crippen LogP contribution is -2.20. The molecule has 9 heteroatoms. The molecule has 1 saturated carbocycles. The first-order chi connectivity index (χ1) is 16.1. The molecule has 6 rings (SSSR count). The standard InChI is InChI=1S/C23H20N6.CH5N3/c1-2-11-28-21(15-24-22(28)6-1)17-9-12-27(13-10-17)20-5-3-4-18(14-20)23-26-25-16-29(23)19-7-8-19;2-1(3)4/h1-6,9-12,14-16,19H,7-8,13H2;(H5,2,3,4). The monoisotopic (exact) mass is 439 g/mol. The molecule has 2 aliphatic rings. The summed E-state index contributed by atoms with van der Waals surface area (Å²) in [5.74, 6) is 0.622. The second kappa shape index (κ2) is 8.62.